The van der Waals surface area contributed by atoms with Crippen LogP contribution >= 0.6 is 11.6 Å². The van der Waals surface area contributed by atoms with Gasteiger partial charge in [0.1, 0.15) is 5.76 Å². The van der Waals surface area contributed by atoms with Crippen molar-refractivity contribution in [1.29, 1.82) is 0 Å². The highest BCUT2D eigenvalue weighted by Crippen LogP contribution is 2.28. The Labute approximate surface area is 171 Å². The summed E-state index contributed by atoms with van der Waals surface area (Å²) in [7, 11) is -2.11. The van der Waals surface area contributed by atoms with E-state index in [0.29, 0.717) is 27.3 Å². The number of aryl methyl sites for hydroxylation is 4. The minimum Gasteiger partial charge on any atom is -0.441 e. The van der Waals surface area contributed by atoms with Gasteiger partial charge in [0.15, 0.2) is 0 Å². The largest absolute Gasteiger partial charge is 0.441 e. The van der Waals surface area contributed by atoms with Crippen LogP contribution in [0.5, 0.6) is 0 Å². The van der Waals surface area contributed by atoms with Crippen molar-refractivity contribution in [2.24, 2.45) is 0 Å². The summed E-state index contributed by atoms with van der Waals surface area (Å²) in [6.45, 7) is 7.49. The molecule has 0 atom stereocenters. The maximum atomic E-state index is 13.2. The van der Waals surface area contributed by atoms with Gasteiger partial charge in [-0.1, -0.05) is 35.4 Å². The predicted octanol–water partition coefficient (Wildman–Crippen LogP) is 5.05. The van der Waals surface area contributed by atoms with Gasteiger partial charge in [-0.15, -0.1) is 0 Å². The van der Waals surface area contributed by atoms with E-state index in [1.807, 2.05) is 45.0 Å². The molecule has 148 valence electrons. The van der Waals surface area contributed by atoms with Gasteiger partial charge in [0.2, 0.25) is 15.9 Å². The molecule has 0 amide bonds. The molecule has 0 aliphatic rings. The summed E-state index contributed by atoms with van der Waals surface area (Å²) in [6, 6.07) is 11.0. The van der Waals surface area contributed by atoms with E-state index in [2.05, 4.69) is 4.98 Å². The maximum absolute atomic E-state index is 13.2. The van der Waals surface area contributed by atoms with Crippen LogP contribution < -0.4 is 0 Å². The van der Waals surface area contributed by atoms with Crippen LogP contribution in [0.25, 0.3) is 11.5 Å². The van der Waals surface area contributed by atoms with Gasteiger partial charge in [-0.05, 0) is 57.0 Å². The summed E-state index contributed by atoms with van der Waals surface area (Å²) in [5.74, 6) is 0.998. The van der Waals surface area contributed by atoms with Gasteiger partial charge in [0.25, 0.3) is 0 Å². The molecule has 1 heterocycles. The molecule has 0 aliphatic heterocycles. The molecule has 28 heavy (non-hydrogen) atoms. The van der Waals surface area contributed by atoms with E-state index in [0.717, 1.165) is 22.3 Å². The number of sulfonamides is 1. The molecule has 0 spiro atoms. The fraction of sp³-hybridized carbons (Fsp3) is 0.286. The van der Waals surface area contributed by atoms with Crippen LogP contribution in [0.3, 0.4) is 0 Å². The van der Waals surface area contributed by atoms with Gasteiger partial charge < -0.3 is 4.42 Å². The van der Waals surface area contributed by atoms with Gasteiger partial charge in [-0.3, -0.25) is 0 Å². The SMILES string of the molecule is Cc1cc(C)c(S(=O)(=O)N(C)Cc2nc(-c3cccc(Cl)c3)oc2C)c(C)c1. The Kier molecular flexibility index (Phi) is 5.66. The molecule has 0 bridgehead atoms. The minimum absolute atomic E-state index is 0.116. The number of rotatable bonds is 5. The molecule has 3 rings (SSSR count). The van der Waals surface area contributed by atoms with Crippen LogP contribution in [-0.2, 0) is 16.6 Å². The molecular weight excluding hydrogens is 396 g/mol. The first-order chi connectivity index (χ1) is 13.1. The summed E-state index contributed by atoms with van der Waals surface area (Å²) >= 11 is 6.04. The topological polar surface area (TPSA) is 63.4 Å². The van der Waals surface area contributed by atoms with Crippen LogP contribution in [-0.4, -0.2) is 24.8 Å². The summed E-state index contributed by atoms with van der Waals surface area (Å²) < 4.78 is 33.4. The van der Waals surface area contributed by atoms with Crippen molar-refractivity contribution in [1.82, 2.24) is 9.29 Å². The first-order valence-electron chi connectivity index (χ1n) is 8.86. The van der Waals surface area contributed by atoms with Gasteiger partial charge in [0, 0.05) is 17.6 Å². The van der Waals surface area contributed by atoms with E-state index >= 15 is 0 Å². The van der Waals surface area contributed by atoms with Crippen LogP contribution in [0.2, 0.25) is 5.02 Å². The molecule has 0 saturated heterocycles. The number of aromatic nitrogens is 1. The molecule has 0 radical (unpaired) electrons. The van der Waals surface area contributed by atoms with Crippen molar-refractivity contribution in [3.8, 4) is 11.5 Å². The monoisotopic (exact) mass is 418 g/mol. The standard InChI is InChI=1S/C21H23ClN2O3S/c1-13-9-14(2)20(15(3)10-13)28(25,26)24(5)12-19-16(4)27-21(23-19)17-7-6-8-18(22)11-17/h6-11H,12H2,1-5H3. The molecule has 0 unspecified atom stereocenters. The highest BCUT2D eigenvalue weighted by molar-refractivity contribution is 7.89. The van der Waals surface area contributed by atoms with Crippen molar-refractivity contribution in [2.45, 2.75) is 39.1 Å². The lowest BCUT2D eigenvalue weighted by Crippen LogP contribution is -2.28. The number of nitrogens with zero attached hydrogens (tertiary/aromatic N) is 2. The highest BCUT2D eigenvalue weighted by Gasteiger charge is 2.27. The first kappa shape index (κ1) is 20.6. The lowest BCUT2D eigenvalue weighted by molar-refractivity contribution is 0.457. The van der Waals surface area contributed by atoms with Crippen molar-refractivity contribution in [2.75, 3.05) is 7.05 Å². The molecule has 0 aliphatic carbocycles. The van der Waals surface area contributed by atoms with Gasteiger partial charge >= 0.3 is 0 Å². The Hall–Kier alpha value is -2.15. The Balaban J connectivity index is 1.92. The quantitative estimate of drug-likeness (QED) is 0.581. The summed E-state index contributed by atoms with van der Waals surface area (Å²) in [5.41, 5.74) is 3.83. The maximum Gasteiger partial charge on any atom is 0.243 e. The molecule has 0 fully saturated rings. The van der Waals surface area contributed by atoms with Crippen LogP contribution in [0.1, 0.15) is 28.1 Å². The summed E-state index contributed by atoms with van der Waals surface area (Å²) in [5, 5.41) is 0.583. The zero-order valence-corrected chi connectivity index (χ0v) is 18.1. The van der Waals surface area contributed by atoms with Crippen molar-refractivity contribution in [3.63, 3.8) is 0 Å². The second-order valence-corrected chi connectivity index (χ2v) is 9.44. The lowest BCUT2D eigenvalue weighted by Gasteiger charge is -2.20. The molecule has 3 aromatic rings. The Morgan fingerprint density at radius 2 is 1.71 bits per heavy atom. The third kappa shape index (κ3) is 3.99. The molecule has 7 heteroatoms. The predicted molar refractivity (Wildman–Crippen MR) is 111 cm³/mol. The second-order valence-electron chi connectivity index (χ2n) is 7.02. The third-order valence-corrected chi connectivity index (χ3v) is 6.95. The molecule has 0 saturated carbocycles. The molecule has 5 nitrogen and oxygen atoms in total. The van der Waals surface area contributed by atoms with E-state index in [-0.39, 0.29) is 6.54 Å². The number of oxazole rings is 1. The molecule has 2 aromatic carbocycles. The van der Waals surface area contributed by atoms with Gasteiger partial charge in [-0.2, -0.15) is 4.31 Å². The Morgan fingerprint density at radius 1 is 1.07 bits per heavy atom. The van der Waals surface area contributed by atoms with Crippen LogP contribution in [0, 0.1) is 27.7 Å². The molecule has 0 N–H and O–H groups in total. The smallest absolute Gasteiger partial charge is 0.243 e. The summed E-state index contributed by atoms with van der Waals surface area (Å²) in [4.78, 5) is 4.84. The first-order valence-corrected chi connectivity index (χ1v) is 10.7. The normalized spacial score (nSPS) is 12.0. The average molecular weight is 419 g/mol. The number of benzene rings is 2. The number of hydrogen-bond donors (Lipinski definition) is 0. The number of hydrogen-bond acceptors (Lipinski definition) is 4. The van der Waals surface area contributed by atoms with E-state index in [9.17, 15) is 8.42 Å². The Morgan fingerprint density at radius 3 is 2.32 bits per heavy atom. The van der Waals surface area contributed by atoms with Crippen molar-refractivity contribution >= 4 is 21.6 Å². The third-order valence-electron chi connectivity index (χ3n) is 4.61. The fourth-order valence-corrected chi connectivity index (χ4v) is 5.07. The zero-order valence-electron chi connectivity index (χ0n) is 16.6. The number of halogens is 1. The van der Waals surface area contributed by atoms with Crippen molar-refractivity contribution in [3.05, 3.63) is 69.6 Å². The second kappa shape index (κ2) is 7.70. The summed E-state index contributed by atoms with van der Waals surface area (Å²) in [6.07, 6.45) is 0. The zero-order chi connectivity index (χ0) is 20.6. The van der Waals surface area contributed by atoms with Crippen molar-refractivity contribution < 1.29 is 12.8 Å². The highest BCUT2D eigenvalue weighted by atomic mass is 35.5. The van der Waals surface area contributed by atoms with E-state index < -0.39 is 10.0 Å². The molecule has 1 aromatic heterocycles. The van der Waals surface area contributed by atoms with E-state index in [1.54, 1.807) is 26.1 Å². The minimum atomic E-state index is -3.66. The average Bonchev–Trinajstić information content (AvgIpc) is 2.94. The van der Waals surface area contributed by atoms with Crippen LogP contribution in [0.4, 0.5) is 0 Å². The fourth-order valence-electron chi connectivity index (χ4n) is 3.35. The van der Waals surface area contributed by atoms with E-state index in [4.69, 9.17) is 16.0 Å². The lowest BCUT2D eigenvalue weighted by atomic mass is 10.1. The van der Waals surface area contributed by atoms with Gasteiger partial charge in [0.05, 0.1) is 17.1 Å². The van der Waals surface area contributed by atoms with E-state index in [1.165, 1.54) is 4.31 Å². The van der Waals surface area contributed by atoms with Crippen LogP contribution in [0.15, 0.2) is 45.7 Å². The van der Waals surface area contributed by atoms with Gasteiger partial charge in [-0.25, -0.2) is 13.4 Å². The Bertz CT molecular complexity index is 1110. The molecular formula is C21H23ClN2O3S.